The third-order valence-electron chi connectivity index (χ3n) is 4.55. The maximum atomic E-state index is 12.7. The number of amides is 3. The van der Waals surface area contributed by atoms with Crippen molar-refractivity contribution in [3.8, 4) is 5.75 Å². The summed E-state index contributed by atoms with van der Waals surface area (Å²) in [4.78, 5) is 40.6. The molecule has 0 radical (unpaired) electrons. The van der Waals surface area contributed by atoms with Gasteiger partial charge >= 0.3 is 0 Å². The molecule has 2 aromatic carbocycles. The zero-order valence-corrected chi connectivity index (χ0v) is 15.6. The third-order valence-corrected chi connectivity index (χ3v) is 4.55. The molecule has 0 bridgehead atoms. The number of methoxy groups -OCH3 is 1. The lowest BCUT2D eigenvalue weighted by atomic mass is 10.1. The number of anilines is 1. The predicted octanol–water partition coefficient (Wildman–Crippen LogP) is 2.98. The summed E-state index contributed by atoms with van der Waals surface area (Å²) in [6.07, 6.45) is 0. The van der Waals surface area contributed by atoms with Crippen molar-refractivity contribution in [1.82, 2.24) is 4.90 Å². The van der Waals surface area contributed by atoms with Gasteiger partial charge in [0.25, 0.3) is 11.8 Å². The van der Waals surface area contributed by atoms with Crippen LogP contribution in [0.1, 0.15) is 34.6 Å². The molecular weight excluding hydrogens is 344 g/mol. The molecule has 1 aliphatic heterocycles. The highest BCUT2D eigenvalue weighted by Crippen LogP contribution is 2.25. The Kier molecular flexibility index (Phi) is 5.26. The average Bonchev–Trinajstić information content (AvgIpc) is 2.93. The van der Waals surface area contributed by atoms with E-state index in [2.05, 4.69) is 0 Å². The van der Waals surface area contributed by atoms with E-state index in [4.69, 9.17) is 4.74 Å². The molecule has 6 heteroatoms. The van der Waals surface area contributed by atoms with Gasteiger partial charge in [0.1, 0.15) is 5.75 Å². The van der Waals surface area contributed by atoms with Crippen LogP contribution in [0, 0.1) is 5.92 Å². The van der Waals surface area contributed by atoms with Gasteiger partial charge in [-0.15, -0.1) is 0 Å². The van der Waals surface area contributed by atoms with E-state index in [0.29, 0.717) is 22.6 Å². The first-order valence-corrected chi connectivity index (χ1v) is 8.84. The molecule has 140 valence electrons. The summed E-state index contributed by atoms with van der Waals surface area (Å²) in [5.41, 5.74) is 1.49. The predicted molar refractivity (Wildman–Crippen MR) is 102 cm³/mol. The number of ether oxygens (including phenoxy) is 1. The van der Waals surface area contributed by atoms with Gasteiger partial charge < -0.3 is 9.64 Å². The highest BCUT2D eigenvalue weighted by Gasteiger charge is 2.35. The first kappa shape index (κ1) is 18.6. The first-order chi connectivity index (χ1) is 12.9. The minimum atomic E-state index is -0.321. The molecule has 1 aliphatic rings. The molecule has 27 heavy (non-hydrogen) atoms. The van der Waals surface area contributed by atoms with Crippen LogP contribution in [0.5, 0.6) is 5.75 Å². The summed E-state index contributed by atoms with van der Waals surface area (Å²) in [5.74, 6) is -0.315. The fourth-order valence-electron chi connectivity index (χ4n) is 3.10. The lowest BCUT2D eigenvalue weighted by molar-refractivity contribution is -0.121. The molecule has 0 fully saturated rings. The van der Waals surface area contributed by atoms with Crippen molar-refractivity contribution in [3.05, 3.63) is 59.7 Å². The first-order valence-electron chi connectivity index (χ1n) is 8.84. The molecule has 0 saturated heterocycles. The molecule has 0 unspecified atom stereocenters. The second kappa shape index (κ2) is 7.61. The van der Waals surface area contributed by atoms with Gasteiger partial charge in [-0.25, -0.2) is 0 Å². The monoisotopic (exact) mass is 366 g/mol. The van der Waals surface area contributed by atoms with Crippen LogP contribution in [0.25, 0.3) is 0 Å². The molecule has 0 aromatic heterocycles. The van der Waals surface area contributed by atoms with Crippen LogP contribution in [0.2, 0.25) is 0 Å². The van der Waals surface area contributed by atoms with Crippen molar-refractivity contribution in [2.24, 2.45) is 5.92 Å². The summed E-state index contributed by atoms with van der Waals surface area (Å²) < 4.78 is 5.24. The Balaban J connectivity index is 1.82. The highest BCUT2D eigenvalue weighted by molar-refractivity contribution is 6.21. The number of benzene rings is 2. The normalized spacial score (nSPS) is 13.1. The van der Waals surface area contributed by atoms with Crippen LogP contribution in [-0.4, -0.2) is 42.8 Å². The summed E-state index contributed by atoms with van der Waals surface area (Å²) in [7, 11) is 1.56. The average molecular weight is 366 g/mol. The fraction of sp³-hybridized carbons (Fsp3) is 0.286. The fourth-order valence-corrected chi connectivity index (χ4v) is 3.10. The molecule has 0 N–H and O–H groups in total. The molecule has 6 nitrogen and oxygen atoms in total. The van der Waals surface area contributed by atoms with Gasteiger partial charge in [0.15, 0.2) is 0 Å². The number of carbonyl (C=O) groups excluding carboxylic acids is 3. The van der Waals surface area contributed by atoms with E-state index in [1.165, 1.54) is 4.90 Å². The minimum absolute atomic E-state index is 0.0835. The molecule has 2 aromatic rings. The Bertz CT molecular complexity index is 856. The smallest absolute Gasteiger partial charge is 0.261 e. The van der Waals surface area contributed by atoms with Crippen molar-refractivity contribution in [2.45, 2.75) is 13.8 Å². The van der Waals surface area contributed by atoms with E-state index in [0.717, 1.165) is 0 Å². The number of fused-ring (bicyclic) bond motifs is 1. The van der Waals surface area contributed by atoms with Gasteiger partial charge in [-0.2, -0.15) is 0 Å². The van der Waals surface area contributed by atoms with Crippen LogP contribution in [0.15, 0.2) is 48.5 Å². The third kappa shape index (κ3) is 3.56. The van der Waals surface area contributed by atoms with Crippen LogP contribution in [0.3, 0.4) is 0 Å². The van der Waals surface area contributed by atoms with Gasteiger partial charge in [0, 0.05) is 30.8 Å². The number of rotatable bonds is 6. The van der Waals surface area contributed by atoms with Crippen LogP contribution < -0.4 is 9.64 Å². The number of hydrogen-bond acceptors (Lipinski definition) is 4. The molecule has 0 saturated carbocycles. The molecule has 0 spiro atoms. The summed E-state index contributed by atoms with van der Waals surface area (Å²) in [6, 6.07) is 13.9. The van der Waals surface area contributed by atoms with Gasteiger partial charge in [-0.3, -0.25) is 19.3 Å². The quantitative estimate of drug-likeness (QED) is 0.737. The zero-order chi connectivity index (χ0) is 19.6. The Morgan fingerprint density at radius 2 is 1.67 bits per heavy atom. The summed E-state index contributed by atoms with van der Waals surface area (Å²) in [5, 5.41) is 0. The van der Waals surface area contributed by atoms with Crippen LogP contribution in [-0.2, 0) is 4.79 Å². The largest absolute Gasteiger partial charge is 0.497 e. The maximum absolute atomic E-state index is 12.7. The number of hydrogen-bond donors (Lipinski definition) is 0. The van der Waals surface area contributed by atoms with E-state index in [-0.39, 0.29) is 36.7 Å². The van der Waals surface area contributed by atoms with E-state index in [9.17, 15) is 14.4 Å². The second-order valence-corrected chi connectivity index (χ2v) is 6.65. The summed E-state index contributed by atoms with van der Waals surface area (Å²) in [6.45, 7) is 3.98. The molecule has 3 amide bonds. The Morgan fingerprint density at radius 1 is 1.04 bits per heavy atom. The number of carbonyl (C=O) groups is 3. The Labute approximate surface area is 158 Å². The van der Waals surface area contributed by atoms with Gasteiger partial charge in [0.05, 0.1) is 18.2 Å². The van der Waals surface area contributed by atoms with Crippen LogP contribution >= 0.6 is 0 Å². The van der Waals surface area contributed by atoms with Crippen molar-refractivity contribution < 1.29 is 19.1 Å². The van der Waals surface area contributed by atoms with Crippen molar-refractivity contribution in [2.75, 3.05) is 25.1 Å². The van der Waals surface area contributed by atoms with Crippen molar-refractivity contribution in [3.63, 3.8) is 0 Å². The minimum Gasteiger partial charge on any atom is -0.497 e. The second-order valence-electron chi connectivity index (χ2n) is 6.65. The van der Waals surface area contributed by atoms with Gasteiger partial charge in [-0.1, -0.05) is 32.0 Å². The highest BCUT2D eigenvalue weighted by atomic mass is 16.5. The topological polar surface area (TPSA) is 66.9 Å². The van der Waals surface area contributed by atoms with Gasteiger partial charge in [-0.05, 0) is 24.3 Å². The lowest BCUT2D eigenvalue weighted by Crippen LogP contribution is -2.42. The standard InChI is InChI=1S/C21H22N2O4/c1-14(2)19(24)22(15-7-6-8-16(13-15)27-3)11-12-23-20(25)17-9-4-5-10-18(17)21(23)26/h4-10,13-14H,11-12H2,1-3H3. The Hall–Kier alpha value is -3.15. The molecule has 0 atom stereocenters. The SMILES string of the molecule is COc1cccc(N(CCN2C(=O)c3ccccc3C2=O)C(=O)C(C)C)c1. The van der Waals surface area contributed by atoms with E-state index in [1.807, 2.05) is 19.9 Å². The number of imide groups is 1. The molecule has 1 heterocycles. The number of nitrogens with zero attached hydrogens (tertiary/aromatic N) is 2. The van der Waals surface area contributed by atoms with E-state index < -0.39 is 0 Å². The Morgan fingerprint density at radius 3 is 2.22 bits per heavy atom. The molecule has 0 aliphatic carbocycles. The summed E-state index contributed by atoms with van der Waals surface area (Å²) >= 11 is 0. The van der Waals surface area contributed by atoms with E-state index in [1.54, 1.807) is 54.5 Å². The zero-order valence-electron chi connectivity index (χ0n) is 15.6. The van der Waals surface area contributed by atoms with Crippen molar-refractivity contribution in [1.29, 1.82) is 0 Å². The maximum Gasteiger partial charge on any atom is 0.261 e. The van der Waals surface area contributed by atoms with Crippen molar-refractivity contribution >= 4 is 23.4 Å². The lowest BCUT2D eigenvalue weighted by Gasteiger charge is -2.27. The van der Waals surface area contributed by atoms with E-state index >= 15 is 0 Å². The molecular formula is C21H22N2O4. The molecule has 3 rings (SSSR count). The van der Waals surface area contributed by atoms with Gasteiger partial charge in [0.2, 0.25) is 5.91 Å². The van der Waals surface area contributed by atoms with Crippen LogP contribution in [0.4, 0.5) is 5.69 Å².